The van der Waals surface area contributed by atoms with Crippen LogP contribution in [0.15, 0.2) is 24.3 Å². The number of benzene rings is 1. The average Bonchev–Trinajstić information content (AvgIpc) is 2.43. The smallest absolute Gasteiger partial charge is 0.308 e. The van der Waals surface area contributed by atoms with E-state index in [-0.39, 0.29) is 18.4 Å². The molecule has 2 atom stereocenters. The number of amides is 1. The molecule has 5 heteroatoms. The van der Waals surface area contributed by atoms with E-state index in [2.05, 4.69) is 10.6 Å². The molecule has 2 unspecified atom stereocenters. The number of anilines is 1. The second kappa shape index (κ2) is 5.73. The van der Waals surface area contributed by atoms with Crippen LogP contribution in [-0.4, -0.2) is 30.1 Å². The van der Waals surface area contributed by atoms with Gasteiger partial charge in [-0.15, -0.1) is 0 Å². The third-order valence-electron chi connectivity index (χ3n) is 3.40. The fraction of sp³-hybridized carbons (Fsp3) is 0.429. The Kier molecular flexibility index (Phi) is 4.04. The molecular weight excluding hydrogens is 244 g/mol. The molecular formula is C14H18N2O3. The minimum absolute atomic E-state index is 0.0879. The number of carbonyl (C=O) groups excluding carboxylic acids is 1. The number of carbonyl (C=O) groups is 2. The Bertz CT molecular complexity index is 487. The van der Waals surface area contributed by atoms with Crippen LogP contribution in [0.2, 0.25) is 0 Å². The fourth-order valence-corrected chi connectivity index (χ4v) is 2.11. The predicted octanol–water partition coefficient (Wildman–Crippen LogP) is 1.11. The Morgan fingerprint density at radius 3 is 2.95 bits per heavy atom. The van der Waals surface area contributed by atoms with Crippen molar-refractivity contribution in [1.29, 1.82) is 0 Å². The summed E-state index contributed by atoms with van der Waals surface area (Å²) < 4.78 is 0. The van der Waals surface area contributed by atoms with Gasteiger partial charge in [-0.05, 0) is 18.1 Å². The van der Waals surface area contributed by atoms with Gasteiger partial charge in [0.1, 0.15) is 0 Å². The van der Waals surface area contributed by atoms with Crippen LogP contribution in [0.5, 0.6) is 0 Å². The highest BCUT2D eigenvalue weighted by atomic mass is 16.4. The lowest BCUT2D eigenvalue weighted by Crippen LogP contribution is -2.40. The van der Waals surface area contributed by atoms with E-state index in [1.165, 1.54) is 0 Å². The summed E-state index contributed by atoms with van der Waals surface area (Å²) in [7, 11) is 0. The lowest BCUT2D eigenvalue weighted by atomic mass is 9.93. The molecule has 2 rings (SSSR count). The van der Waals surface area contributed by atoms with Crippen LogP contribution >= 0.6 is 0 Å². The molecule has 1 amide bonds. The van der Waals surface area contributed by atoms with Crippen LogP contribution in [0.1, 0.15) is 12.5 Å². The van der Waals surface area contributed by atoms with E-state index < -0.39 is 11.9 Å². The topological polar surface area (TPSA) is 78.4 Å². The molecule has 102 valence electrons. The molecule has 0 radical (unpaired) electrons. The van der Waals surface area contributed by atoms with Gasteiger partial charge in [-0.1, -0.05) is 25.1 Å². The largest absolute Gasteiger partial charge is 0.481 e. The second-order valence-corrected chi connectivity index (χ2v) is 4.92. The lowest BCUT2D eigenvalue weighted by molar-refractivity contribution is -0.141. The Morgan fingerprint density at radius 1 is 1.47 bits per heavy atom. The van der Waals surface area contributed by atoms with Crippen molar-refractivity contribution in [3.63, 3.8) is 0 Å². The van der Waals surface area contributed by atoms with Crippen molar-refractivity contribution in [3.05, 3.63) is 29.8 Å². The third-order valence-corrected chi connectivity index (χ3v) is 3.40. The zero-order valence-electron chi connectivity index (χ0n) is 10.8. The number of hydrogen-bond acceptors (Lipinski definition) is 3. The maximum atomic E-state index is 12.0. The molecule has 0 saturated heterocycles. The molecule has 5 nitrogen and oxygen atoms in total. The van der Waals surface area contributed by atoms with E-state index in [1.807, 2.05) is 24.3 Å². The summed E-state index contributed by atoms with van der Waals surface area (Å²) in [5.41, 5.74) is 2.20. The maximum absolute atomic E-state index is 12.0. The number of nitrogens with one attached hydrogen (secondary N) is 2. The molecule has 0 spiro atoms. The number of rotatable bonds is 4. The first-order valence-corrected chi connectivity index (χ1v) is 6.40. The van der Waals surface area contributed by atoms with Crippen molar-refractivity contribution in [2.75, 3.05) is 18.4 Å². The molecule has 1 heterocycles. The van der Waals surface area contributed by atoms with Crippen LogP contribution in [-0.2, 0) is 16.0 Å². The van der Waals surface area contributed by atoms with Crippen LogP contribution in [0, 0.1) is 11.8 Å². The van der Waals surface area contributed by atoms with Gasteiger partial charge >= 0.3 is 5.97 Å². The number of hydrogen-bond donors (Lipinski definition) is 3. The van der Waals surface area contributed by atoms with Crippen LogP contribution in [0.25, 0.3) is 0 Å². The van der Waals surface area contributed by atoms with E-state index in [0.29, 0.717) is 13.0 Å². The summed E-state index contributed by atoms with van der Waals surface area (Å²) in [6, 6.07) is 7.91. The molecule has 0 bridgehead atoms. The molecule has 1 aromatic carbocycles. The Morgan fingerprint density at radius 2 is 2.21 bits per heavy atom. The van der Waals surface area contributed by atoms with Crippen molar-refractivity contribution >= 4 is 17.6 Å². The maximum Gasteiger partial charge on any atom is 0.308 e. The molecule has 0 aromatic heterocycles. The van der Waals surface area contributed by atoms with Gasteiger partial charge < -0.3 is 15.7 Å². The molecule has 0 saturated carbocycles. The number of aliphatic carboxylic acids is 1. The molecule has 1 aliphatic rings. The average molecular weight is 262 g/mol. The summed E-state index contributed by atoms with van der Waals surface area (Å²) in [6.07, 6.45) is 0.691. The van der Waals surface area contributed by atoms with E-state index in [4.69, 9.17) is 5.11 Å². The van der Waals surface area contributed by atoms with Crippen molar-refractivity contribution in [2.24, 2.45) is 11.8 Å². The minimum atomic E-state index is -0.896. The van der Waals surface area contributed by atoms with Gasteiger partial charge in [-0.2, -0.15) is 0 Å². The first-order chi connectivity index (χ1) is 9.08. The Hall–Kier alpha value is -2.04. The minimum Gasteiger partial charge on any atom is -0.481 e. The summed E-state index contributed by atoms with van der Waals surface area (Å²) >= 11 is 0. The van der Waals surface area contributed by atoms with Crippen LogP contribution in [0.3, 0.4) is 0 Å². The standard InChI is InChI=1S/C14H18N2O3/c1-9(14(18)19)7-16-13(17)11-6-10-4-2-3-5-12(10)15-8-11/h2-5,9,11,15H,6-8H2,1H3,(H,16,17)(H,18,19). The van der Waals surface area contributed by atoms with Gasteiger partial charge in [0.05, 0.1) is 11.8 Å². The quantitative estimate of drug-likeness (QED) is 0.759. The zero-order chi connectivity index (χ0) is 13.8. The monoisotopic (exact) mass is 262 g/mol. The SMILES string of the molecule is CC(CNC(=O)C1CNc2ccccc2C1)C(=O)O. The van der Waals surface area contributed by atoms with Crippen LogP contribution in [0.4, 0.5) is 5.69 Å². The Labute approximate surface area is 112 Å². The van der Waals surface area contributed by atoms with Crippen molar-refractivity contribution in [2.45, 2.75) is 13.3 Å². The highest BCUT2D eigenvalue weighted by Crippen LogP contribution is 2.24. The molecule has 3 N–H and O–H groups in total. The summed E-state index contributed by atoms with van der Waals surface area (Å²) in [4.78, 5) is 22.7. The van der Waals surface area contributed by atoms with Gasteiger partial charge in [0.2, 0.25) is 5.91 Å². The Balaban J connectivity index is 1.90. The third kappa shape index (κ3) is 3.24. The van der Waals surface area contributed by atoms with E-state index in [9.17, 15) is 9.59 Å². The van der Waals surface area contributed by atoms with Crippen molar-refractivity contribution < 1.29 is 14.7 Å². The van der Waals surface area contributed by atoms with Crippen molar-refractivity contribution in [1.82, 2.24) is 5.32 Å². The second-order valence-electron chi connectivity index (χ2n) is 4.92. The molecule has 1 aliphatic heterocycles. The highest BCUT2D eigenvalue weighted by Gasteiger charge is 2.24. The van der Waals surface area contributed by atoms with Crippen molar-refractivity contribution in [3.8, 4) is 0 Å². The van der Waals surface area contributed by atoms with Gasteiger partial charge in [-0.25, -0.2) is 0 Å². The first-order valence-electron chi connectivity index (χ1n) is 6.40. The van der Waals surface area contributed by atoms with Gasteiger partial charge in [0, 0.05) is 18.8 Å². The summed E-state index contributed by atoms with van der Waals surface area (Å²) in [5, 5.41) is 14.7. The lowest BCUT2D eigenvalue weighted by Gasteiger charge is -2.25. The summed E-state index contributed by atoms with van der Waals surface area (Å²) in [6.45, 7) is 2.34. The van der Waals surface area contributed by atoms with Gasteiger partial charge in [-0.3, -0.25) is 9.59 Å². The predicted molar refractivity (Wildman–Crippen MR) is 71.9 cm³/mol. The molecule has 0 aliphatic carbocycles. The number of para-hydroxylation sites is 1. The van der Waals surface area contributed by atoms with Gasteiger partial charge in [0.15, 0.2) is 0 Å². The van der Waals surface area contributed by atoms with E-state index in [0.717, 1.165) is 11.3 Å². The molecule has 1 aromatic rings. The first kappa shape index (κ1) is 13.4. The normalized spacial score (nSPS) is 18.9. The van der Waals surface area contributed by atoms with E-state index in [1.54, 1.807) is 6.92 Å². The van der Waals surface area contributed by atoms with Crippen LogP contribution < -0.4 is 10.6 Å². The fourth-order valence-electron chi connectivity index (χ4n) is 2.11. The van der Waals surface area contributed by atoms with Gasteiger partial charge in [0.25, 0.3) is 0 Å². The number of carboxylic acid groups (broad SMARTS) is 1. The highest BCUT2D eigenvalue weighted by molar-refractivity contribution is 5.81. The molecule has 0 fully saturated rings. The van der Waals surface area contributed by atoms with E-state index >= 15 is 0 Å². The summed E-state index contributed by atoms with van der Waals surface area (Å²) in [5.74, 6) is -1.69. The number of carboxylic acids is 1. The number of fused-ring (bicyclic) bond motifs is 1. The molecule has 19 heavy (non-hydrogen) atoms. The zero-order valence-corrected chi connectivity index (χ0v) is 10.8.